The molecule has 0 spiro atoms. The molecule has 0 unspecified atom stereocenters. The molecule has 6 heteroatoms. The van der Waals surface area contributed by atoms with E-state index in [0.717, 1.165) is 5.56 Å². The van der Waals surface area contributed by atoms with Gasteiger partial charge in [0.15, 0.2) is 5.69 Å². The van der Waals surface area contributed by atoms with Gasteiger partial charge in [0.25, 0.3) is 5.91 Å². The van der Waals surface area contributed by atoms with Gasteiger partial charge in [0.05, 0.1) is 10.7 Å². The minimum atomic E-state index is -0.374. The number of aromatic nitrogens is 2. The van der Waals surface area contributed by atoms with E-state index < -0.39 is 0 Å². The van der Waals surface area contributed by atoms with E-state index in [1.54, 1.807) is 30.3 Å². The van der Waals surface area contributed by atoms with Crippen molar-refractivity contribution in [1.29, 1.82) is 0 Å². The molecular formula is C18H14ClN3O2. The molecule has 120 valence electrons. The van der Waals surface area contributed by atoms with Gasteiger partial charge >= 0.3 is 0 Å². The van der Waals surface area contributed by atoms with Crippen LogP contribution in [0.5, 0.6) is 5.75 Å². The number of aromatic hydroxyl groups is 1. The van der Waals surface area contributed by atoms with Crippen LogP contribution in [-0.2, 0) is 6.54 Å². The van der Waals surface area contributed by atoms with Crippen LogP contribution >= 0.6 is 11.6 Å². The molecule has 1 amide bonds. The molecule has 3 aromatic rings. The minimum Gasteiger partial charge on any atom is -0.506 e. The zero-order valence-electron chi connectivity index (χ0n) is 12.6. The molecule has 0 radical (unpaired) electrons. The summed E-state index contributed by atoms with van der Waals surface area (Å²) in [4.78, 5) is 12.1. The van der Waals surface area contributed by atoms with Crippen molar-refractivity contribution >= 4 is 17.5 Å². The number of hydrogen-bond donors (Lipinski definition) is 2. The Labute approximate surface area is 143 Å². The van der Waals surface area contributed by atoms with Gasteiger partial charge in [0.2, 0.25) is 0 Å². The molecule has 5 nitrogen and oxygen atoms in total. The van der Waals surface area contributed by atoms with E-state index in [9.17, 15) is 9.90 Å². The molecule has 1 heterocycles. The summed E-state index contributed by atoms with van der Waals surface area (Å²) in [6, 6.07) is 17.9. The zero-order chi connectivity index (χ0) is 16.9. The smallest absolute Gasteiger partial charge is 0.272 e. The number of rotatable bonds is 4. The number of halogens is 1. The minimum absolute atomic E-state index is 0.0371. The van der Waals surface area contributed by atoms with Crippen molar-refractivity contribution in [3.8, 4) is 17.0 Å². The molecule has 0 atom stereocenters. The number of phenolic OH excluding ortho intramolecular Hbond substituents is 1. The number of nitrogens with zero attached hydrogens (tertiary/aromatic N) is 2. The van der Waals surface area contributed by atoms with Crippen LogP contribution in [0.15, 0.2) is 60.7 Å². The molecule has 0 bridgehead atoms. The van der Waals surface area contributed by atoms with Crippen LogP contribution in [0, 0.1) is 0 Å². The molecule has 0 saturated carbocycles. The summed E-state index contributed by atoms with van der Waals surface area (Å²) in [5.41, 5.74) is 2.36. The van der Waals surface area contributed by atoms with Gasteiger partial charge in [-0.25, -0.2) is 0 Å². The zero-order valence-corrected chi connectivity index (χ0v) is 13.4. The number of amides is 1. The number of benzene rings is 2. The number of nitrogens with one attached hydrogen (secondary N) is 1. The second-order valence-corrected chi connectivity index (χ2v) is 5.51. The lowest BCUT2D eigenvalue weighted by molar-refractivity contribution is 0.0945. The van der Waals surface area contributed by atoms with Gasteiger partial charge in [-0.2, -0.15) is 0 Å². The molecule has 24 heavy (non-hydrogen) atoms. The topological polar surface area (TPSA) is 75.1 Å². The van der Waals surface area contributed by atoms with E-state index >= 15 is 0 Å². The van der Waals surface area contributed by atoms with Crippen LogP contribution in [0.3, 0.4) is 0 Å². The Balaban J connectivity index is 1.68. The van der Waals surface area contributed by atoms with Crippen molar-refractivity contribution in [2.75, 3.05) is 0 Å². The van der Waals surface area contributed by atoms with Gasteiger partial charge in [-0.15, -0.1) is 10.2 Å². The fourth-order valence-corrected chi connectivity index (χ4v) is 2.38. The molecule has 0 aliphatic heterocycles. The Morgan fingerprint density at radius 1 is 1.00 bits per heavy atom. The van der Waals surface area contributed by atoms with Gasteiger partial charge in [-0.3, -0.25) is 4.79 Å². The lowest BCUT2D eigenvalue weighted by atomic mass is 10.1. The summed E-state index contributed by atoms with van der Waals surface area (Å²) in [6.07, 6.45) is 0. The molecular weight excluding hydrogens is 326 g/mol. The fraction of sp³-hybridized carbons (Fsp3) is 0.0556. The second kappa shape index (κ2) is 7.10. The van der Waals surface area contributed by atoms with Crippen molar-refractivity contribution in [3.05, 3.63) is 76.9 Å². The maximum atomic E-state index is 12.1. The van der Waals surface area contributed by atoms with Crippen LogP contribution in [0.2, 0.25) is 5.02 Å². The first kappa shape index (κ1) is 16.0. The number of phenols is 1. The lowest BCUT2D eigenvalue weighted by Gasteiger charge is -2.08. The Morgan fingerprint density at radius 3 is 2.50 bits per heavy atom. The van der Waals surface area contributed by atoms with Gasteiger partial charge in [-0.05, 0) is 18.2 Å². The third-order valence-electron chi connectivity index (χ3n) is 3.48. The highest BCUT2D eigenvalue weighted by atomic mass is 35.5. The Morgan fingerprint density at radius 2 is 1.79 bits per heavy atom. The van der Waals surface area contributed by atoms with Crippen molar-refractivity contribution < 1.29 is 9.90 Å². The van der Waals surface area contributed by atoms with Crippen molar-refractivity contribution in [2.45, 2.75) is 6.54 Å². The van der Waals surface area contributed by atoms with Crippen LogP contribution in [-0.4, -0.2) is 21.2 Å². The highest BCUT2D eigenvalue weighted by molar-refractivity contribution is 6.32. The maximum absolute atomic E-state index is 12.1. The molecule has 2 N–H and O–H groups in total. The monoisotopic (exact) mass is 339 g/mol. The van der Waals surface area contributed by atoms with Crippen molar-refractivity contribution in [2.24, 2.45) is 0 Å². The number of carbonyl (C=O) groups excluding carboxylic acids is 1. The fourth-order valence-electron chi connectivity index (χ4n) is 2.18. The summed E-state index contributed by atoms with van der Waals surface area (Å²) in [5.74, 6) is -0.411. The highest BCUT2D eigenvalue weighted by Gasteiger charge is 2.11. The van der Waals surface area contributed by atoms with Crippen LogP contribution in [0.1, 0.15) is 16.1 Å². The highest BCUT2D eigenvalue weighted by Crippen LogP contribution is 2.26. The largest absolute Gasteiger partial charge is 0.506 e. The van der Waals surface area contributed by atoms with E-state index in [1.807, 2.05) is 30.3 Å². The molecule has 0 saturated heterocycles. The molecule has 0 fully saturated rings. The SMILES string of the molecule is O=C(NCc1cccc(Cl)c1O)c1ccc(-c2ccccc2)nn1. The summed E-state index contributed by atoms with van der Waals surface area (Å²) in [5, 5.41) is 20.8. The van der Waals surface area contributed by atoms with Crippen LogP contribution in [0.4, 0.5) is 0 Å². The molecule has 0 aliphatic rings. The summed E-state index contributed by atoms with van der Waals surface area (Å²) in [6.45, 7) is 0.146. The number of carbonyl (C=O) groups is 1. The van der Waals surface area contributed by atoms with Crippen molar-refractivity contribution in [1.82, 2.24) is 15.5 Å². The first-order chi connectivity index (χ1) is 11.6. The predicted octanol–water partition coefficient (Wildman–Crippen LogP) is 3.43. The predicted molar refractivity (Wildman–Crippen MR) is 91.8 cm³/mol. The van der Waals surface area contributed by atoms with Gasteiger partial charge in [0.1, 0.15) is 5.75 Å². The summed E-state index contributed by atoms with van der Waals surface area (Å²) in [7, 11) is 0. The standard InChI is InChI=1S/C18H14ClN3O2/c19-14-8-4-7-13(17(14)23)11-20-18(24)16-10-9-15(21-22-16)12-5-2-1-3-6-12/h1-10,23H,11H2,(H,20,24). The van der Waals surface area contributed by atoms with Gasteiger partial charge in [-0.1, -0.05) is 54.1 Å². The summed E-state index contributed by atoms with van der Waals surface area (Å²) < 4.78 is 0. The Hall–Kier alpha value is -2.92. The number of hydrogen-bond acceptors (Lipinski definition) is 4. The summed E-state index contributed by atoms with van der Waals surface area (Å²) >= 11 is 5.84. The van der Waals surface area contributed by atoms with E-state index in [2.05, 4.69) is 15.5 Å². The van der Waals surface area contributed by atoms with E-state index in [0.29, 0.717) is 11.3 Å². The van der Waals surface area contributed by atoms with Crippen LogP contribution < -0.4 is 5.32 Å². The first-order valence-corrected chi connectivity index (χ1v) is 7.66. The van der Waals surface area contributed by atoms with Gasteiger partial charge in [0, 0.05) is 17.7 Å². The Kier molecular flexibility index (Phi) is 4.72. The van der Waals surface area contributed by atoms with Crippen LogP contribution in [0.25, 0.3) is 11.3 Å². The molecule has 2 aromatic carbocycles. The quantitative estimate of drug-likeness (QED) is 0.763. The normalized spacial score (nSPS) is 10.4. The van der Waals surface area contributed by atoms with Crippen molar-refractivity contribution in [3.63, 3.8) is 0 Å². The average Bonchev–Trinajstić information content (AvgIpc) is 2.63. The second-order valence-electron chi connectivity index (χ2n) is 5.10. The number of para-hydroxylation sites is 1. The lowest BCUT2D eigenvalue weighted by Crippen LogP contribution is -2.24. The molecule has 0 aliphatic carbocycles. The Bertz CT molecular complexity index is 852. The third-order valence-corrected chi connectivity index (χ3v) is 3.78. The van der Waals surface area contributed by atoms with E-state index in [4.69, 9.17) is 11.6 Å². The van der Waals surface area contributed by atoms with Gasteiger partial charge < -0.3 is 10.4 Å². The molecule has 3 rings (SSSR count). The maximum Gasteiger partial charge on any atom is 0.272 e. The van der Waals surface area contributed by atoms with E-state index in [1.165, 1.54) is 0 Å². The third kappa shape index (κ3) is 3.52. The van der Waals surface area contributed by atoms with E-state index in [-0.39, 0.29) is 28.9 Å². The first-order valence-electron chi connectivity index (χ1n) is 7.29. The average molecular weight is 340 g/mol. The molecule has 1 aromatic heterocycles.